The summed E-state index contributed by atoms with van der Waals surface area (Å²) in [7, 11) is 0. The van der Waals surface area contributed by atoms with E-state index in [9.17, 15) is 19.5 Å². The summed E-state index contributed by atoms with van der Waals surface area (Å²) in [5.41, 5.74) is 0.734. The van der Waals surface area contributed by atoms with Gasteiger partial charge in [-0.15, -0.1) is 0 Å². The van der Waals surface area contributed by atoms with Gasteiger partial charge in [-0.25, -0.2) is 4.79 Å². The number of fused-ring (bicyclic) bond motifs is 1. The van der Waals surface area contributed by atoms with Crippen molar-refractivity contribution in [3.05, 3.63) is 102 Å². The number of nitrogens with one attached hydrogen (secondary N) is 2. The Balaban J connectivity index is 1.32. The molecule has 0 heterocycles. The van der Waals surface area contributed by atoms with E-state index >= 15 is 0 Å². The maximum absolute atomic E-state index is 12.8. The number of hydrogen-bond acceptors (Lipinski definition) is 4. The Morgan fingerprint density at radius 1 is 0.714 bits per heavy atom. The molecule has 7 nitrogen and oxygen atoms in total. The summed E-state index contributed by atoms with van der Waals surface area (Å²) in [6.45, 7) is 0.375. The zero-order valence-corrected chi connectivity index (χ0v) is 18.9. The van der Waals surface area contributed by atoms with E-state index in [0.717, 1.165) is 16.5 Å². The van der Waals surface area contributed by atoms with Gasteiger partial charge in [0.15, 0.2) is 0 Å². The summed E-state index contributed by atoms with van der Waals surface area (Å²) in [6, 6.07) is 26.6. The lowest BCUT2D eigenvalue weighted by Gasteiger charge is -2.13. The monoisotopic (exact) mass is 468 g/mol. The Hall–Kier alpha value is -4.65. The second-order valence-electron chi connectivity index (χ2n) is 7.86. The molecule has 7 heteroatoms. The van der Waals surface area contributed by atoms with Crippen LogP contribution in [-0.2, 0) is 4.79 Å². The van der Waals surface area contributed by atoms with Gasteiger partial charge in [0, 0.05) is 6.42 Å². The molecule has 0 aliphatic heterocycles. The predicted molar refractivity (Wildman–Crippen MR) is 135 cm³/mol. The first-order chi connectivity index (χ1) is 17.0. The van der Waals surface area contributed by atoms with Crippen LogP contribution < -0.4 is 15.4 Å². The minimum absolute atomic E-state index is 0.0196. The van der Waals surface area contributed by atoms with Crippen molar-refractivity contribution in [1.82, 2.24) is 0 Å². The van der Waals surface area contributed by atoms with E-state index in [4.69, 9.17) is 4.74 Å². The van der Waals surface area contributed by atoms with Crippen molar-refractivity contribution in [1.29, 1.82) is 0 Å². The molecule has 0 saturated carbocycles. The molecule has 0 radical (unpaired) electrons. The fraction of sp³-hybridized carbons (Fsp3) is 0.107. The zero-order chi connectivity index (χ0) is 24.6. The Bertz CT molecular complexity index is 1380. The highest BCUT2D eigenvalue weighted by atomic mass is 16.5. The third-order valence-electron chi connectivity index (χ3n) is 5.39. The first-order valence-corrected chi connectivity index (χ1v) is 11.2. The molecular weight excluding hydrogens is 444 g/mol. The fourth-order valence-electron chi connectivity index (χ4n) is 3.65. The van der Waals surface area contributed by atoms with Crippen LogP contribution in [0.5, 0.6) is 5.75 Å². The van der Waals surface area contributed by atoms with Crippen molar-refractivity contribution in [2.24, 2.45) is 0 Å². The Kier molecular flexibility index (Phi) is 7.37. The van der Waals surface area contributed by atoms with Crippen molar-refractivity contribution < 1.29 is 24.2 Å². The number of benzene rings is 4. The van der Waals surface area contributed by atoms with Crippen LogP contribution in [0.25, 0.3) is 10.8 Å². The predicted octanol–water partition coefficient (Wildman–Crippen LogP) is 5.59. The molecular formula is C28H24N2O5. The number of carbonyl (C=O) groups is 3. The molecule has 3 N–H and O–H groups in total. The Morgan fingerprint density at radius 2 is 1.34 bits per heavy atom. The highest BCUT2D eigenvalue weighted by Crippen LogP contribution is 2.22. The van der Waals surface area contributed by atoms with Gasteiger partial charge in [-0.2, -0.15) is 0 Å². The fourth-order valence-corrected chi connectivity index (χ4v) is 3.65. The van der Waals surface area contributed by atoms with Crippen LogP contribution in [0.4, 0.5) is 11.4 Å². The molecule has 0 bridgehead atoms. The Morgan fingerprint density at radius 3 is 2.09 bits per heavy atom. The quantitative estimate of drug-likeness (QED) is 0.278. The topological polar surface area (TPSA) is 105 Å². The highest BCUT2D eigenvalue weighted by molar-refractivity contribution is 6.12. The maximum Gasteiger partial charge on any atom is 0.337 e. The van der Waals surface area contributed by atoms with E-state index in [0.29, 0.717) is 18.7 Å². The van der Waals surface area contributed by atoms with Crippen LogP contribution in [0.1, 0.15) is 33.6 Å². The summed E-state index contributed by atoms with van der Waals surface area (Å²) in [6.07, 6.45) is 0.713. The van der Waals surface area contributed by atoms with Crippen LogP contribution >= 0.6 is 0 Å². The normalized spacial score (nSPS) is 10.5. The average Bonchev–Trinajstić information content (AvgIpc) is 2.87. The standard InChI is InChI=1S/C28H24N2O5/c31-26(14-7-17-35-21-16-15-19-8-1-2-9-20(19)18-21)29-24-12-5-3-10-22(24)27(32)30-25-13-6-4-11-23(25)28(33)34/h1-6,8-13,15-16,18H,7,14,17H2,(H,29,31)(H,30,32)(H,33,34). The second-order valence-corrected chi connectivity index (χ2v) is 7.86. The first kappa shape index (κ1) is 23.5. The van der Waals surface area contributed by atoms with Gasteiger partial charge in [0.25, 0.3) is 5.91 Å². The number of aromatic carboxylic acids is 1. The lowest BCUT2D eigenvalue weighted by molar-refractivity contribution is -0.116. The minimum atomic E-state index is -1.15. The third-order valence-corrected chi connectivity index (χ3v) is 5.39. The van der Waals surface area contributed by atoms with E-state index in [2.05, 4.69) is 10.6 Å². The van der Waals surface area contributed by atoms with Gasteiger partial charge in [-0.05, 0) is 53.6 Å². The first-order valence-electron chi connectivity index (χ1n) is 11.2. The molecule has 0 aliphatic carbocycles. The number of anilines is 2. The number of amides is 2. The van der Waals surface area contributed by atoms with Crippen molar-refractivity contribution in [2.45, 2.75) is 12.8 Å². The average molecular weight is 469 g/mol. The number of carboxylic acid groups (broad SMARTS) is 1. The maximum atomic E-state index is 12.8. The van der Waals surface area contributed by atoms with Crippen LogP contribution in [0.2, 0.25) is 0 Å². The third kappa shape index (κ3) is 6.03. The van der Waals surface area contributed by atoms with Crippen molar-refractivity contribution in [2.75, 3.05) is 17.2 Å². The zero-order valence-electron chi connectivity index (χ0n) is 18.9. The molecule has 0 unspecified atom stereocenters. The van der Waals surface area contributed by atoms with E-state index in [1.54, 1.807) is 36.4 Å². The molecule has 0 atom stereocenters. The number of para-hydroxylation sites is 2. The number of ether oxygens (including phenoxy) is 1. The highest BCUT2D eigenvalue weighted by Gasteiger charge is 2.16. The van der Waals surface area contributed by atoms with Gasteiger partial charge in [-0.3, -0.25) is 9.59 Å². The van der Waals surface area contributed by atoms with Gasteiger partial charge < -0.3 is 20.5 Å². The van der Waals surface area contributed by atoms with Gasteiger partial charge in [0.05, 0.1) is 29.1 Å². The van der Waals surface area contributed by atoms with Crippen LogP contribution in [0.3, 0.4) is 0 Å². The van der Waals surface area contributed by atoms with Crippen LogP contribution in [0, 0.1) is 0 Å². The largest absolute Gasteiger partial charge is 0.494 e. The van der Waals surface area contributed by atoms with Gasteiger partial charge in [0.2, 0.25) is 5.91 Å². The van der Waals surface area contributed by atoms with Crippen LogP contribution in [0.15, 0.2) is 91.0 Å². The van der Waals surface area contributed by atoms with Crippen LogP contribution in [-0.4, -0.2) is 29.5 Å². The molecule has 4 aromatic carbocycles. The summed E-state index contributed by atoms with van der Waals surface area (Å²) >= 11 is 0. The van der Waals surface area contributed by atoms with Crippen molar-refractivity contribution >= 4 is 39.9 Å². The van der Waals surface area contributed by atoms with Crippen molar-refractivity contribution in [3.8, 4) is 5.75 Å². The molecule has 2 amide bonds. The molecule has 4 aromatic rings. The minimum Gasteiger partial charge on any atom is -0.494 e. The van der Waals surface area contributed by atoms with E-state index < -0.39 is 11.9 Å². The lowest BCUT2D eigenvalue weighted by atomic mass is 10.1. The molecule has 0 spiro atoms. The summed E-state index contributed by atoms with van der Waals surface area (Å²) in [5, 5.41) is 16.9. The second kappa shape index (κ2) is 11.0. The molecule has 0 aliphatic rings. The van der Waals surface area contributed by atoms with Gasteiger partial charge >= 0.3 is 5.97 Å². The molecule has 4 rings (SSSR count). The lowest BCUT2D eigenvalue weighted by Crippen LogP contribution is -2.19. The number of hydrogen-bond donors (Lipinski definition) is 3. The van der Waals surface area contributed by atoms with E-state index in [1.807, 2.05) is 42.5 Å². The molecule has 0 aromatic heterocycles. The molecule has 176 valence electrons. The van der Waals surface area contributed by atoms with E-state index in [-0.39, 0.29) is 29.1 Å². The Labute approximate surface area is 202 Å². The van der Waals surface area contributed by atoms with Gasteiger partial charge in [-0.1, -0.05) is 54.6 Å². The number of carbonyl (C=O) groups excluding carboxylic acids is 2. The smallest absolute Gasteiger partial charge is 0.337 e. The van der Waals surface area contributed by atoms with E-state index in [1.165, 1.54) is 12.1 Å². The summed E-state index contributed by atoms with van der Waals surface area (Å²) in [4.78, 5) is 36.7. The van der Waals surface area contributed by atoms with Crippen molar-refractivity contribution in [3.63, 3.8) is 0 Å². The SMILES string of the molecule is O=C(CCCOc1ccc2ccccc2c1)Nc1ccccc1C(=O)Nc1ccccc1C(=O)O. The summed E-state index contributed by atoms with van der Waals surface area (Å²) in [5.74, 6) is -1.17. The van der Waals surface area contributed by atoms with Gasteiger partial charge in [0.1, 0.15) is 5.75 Å². The molecule has 35 heavy (non-hydrogen) atoms. The number of carboxylic acids is 1. The summed E-state index contributed by atoms with van der Waals surface area (Å²) < 4.78 is 5.78. The molecule has 0 saturated heterocycles. The molecule has 0 fully saturated rings. The number of rotatable bonds is 9.